The molecule has 2 aliphatic carbocycles. The lowest BCUT2D eigenvalue weighted by Gasteiger charge is -2.14. The van der Waals surface area contributed by atoms with Gasteiger partial charge in [0.1, 0.15) is 0 Å². The van der Waals surface area contributed by atoms with E-state index in [2.05, 4.69) is 9.68 Å². The molecule has 7 nitrogen and oxygen atoms in total. The molecule has 2 aromatic rings. The Morgan fingerprint density at radius 3 is 2.67 bits per heavy atom. The van der Waals surface area contributed by atoms with Gasteiger partial charge in [0.15, 0.2) is 25.7 Å². The minimum absolute atomic E-state index is 0.0531. The number of nitrogens with two attached hydrogens (primary N) is 1. The maximum atomic E-state index is 14.3. The summed E-state index contributed by atoms with van der Waals surface area (Å²) >= 11 is 0.709. The van der Waals surface area contributed by atoms with Crippen LogP contribution in [0, 0.1) is 5.82 Å². The van der Waals surface area contributed by atoms with E-state index in [1.54, 1.807) is 0 Å². The number of hydrogen-bond donors (Lipinski definition) is 3. The number of carbonyl (C=O) groups is 2. The number of Topliss-reactive ketones (excluding diaryl/α,β-unsaturated/α-hetero) is 1. The number of ketones is 1. The Morgan fingerprint density at radius 1 is 1.27 bits per heavy atom. The number of rotatable bonds is 3. The maximum Gasteiger partial charge on any atom is 0.354 e. The molecule has 0 bridgehead atoms. The molecule has 160 valence electrons. The van der Waals surface area contributed by atoms with Gasteiger partial charge in [0, 0.05) is 16.9 Å². The second-order valence-electron chi connectivity index (χ2n) is 8.10. The van der Waals surface area contributed by atoms with Crippen LogP contribution in [-0.2, 0) is 34.8 Å². The van der Waals surface area contributed by atoms with E-state index in [1.165, 1.54) is 13.8 Å². The lowest BCUT2D eigenvalue weighted by molar-refractivity contribution is 0.0823. The molecule has 1 heterocycles. The molecule has 4 rings (SSSR count). The van der Waals surface area contributed by atoms with Gasteiger partial charge >= 0.3 is 6.03 Å². The third kappa shape index (κ3) is 3.68. The summed E-state index contributed by atoms with van der Waals surface area (Å²) in [6, 6.07) is 2.07. The van der Waals surface area contributed by atoms with Crippen molar-refractivity contribution in [1.82, 2.24) is 0 Å². The van der Waals surface area contributed by atoms with Crippen LogP contribution in [0.25, 0.3) is 0 Å². The number of halogens is 1. The number of thiophene rings is 1. The molecule has 1 atom stereocenters. The summed E-state index contributed by atoms with van der Waals surface area (Å²) in [6.07, 6.45) is 3.50. The van der Waals surface area contributed by atoms with Crippen LogP contribution in [0.3, 0.4) is 0 Å². The number of hydrogen-bond acceptors (Lipinski definition) is 5. The molecule has 0 aliphatic heterocycles. The molecule has 1 aromatic heterocycles. The molecular weight excluding hydrogens is 429 g/mol. The Labute approximate surface area is 177 Å². The fourth-order valence-corrected chi connectivity index (χ4v) is 6.32. The van der Waals surface area contributed by atoms with E-state index in [1.807, 2.05) is 6.07 Å². The molecule has 0 saturated heterocycles. The third-order valence-electron chi connectivity index (χ3n) is 5.36. The highest BCUT2D eigenvalue weighted by Crippen LogP contribution is 2.39. The van der Waals surface area contributed by atoms with Gasteiger partial charge in [-0.3, -0.25) is 4.79 Å². The molecule has 30 heavy (non-hydrogen) atoms. The first-order valence-corrected chi connectivity index (χ1v) is 12.0. The Balaban J connectivity index is 1.71. The first-order chi connectivity index (χ1) is 14.0. The number of carbonyl (C=O) groups excluding carboxylic acids is 2. The average molecular weight is 452 g/mol. The van der Waals surface area contributed by atoms with Crippen LogP contribution < -0.4 is 10.5 Å². The van der Waals surface area contributed by atoms with Crippen LogP contribution in [-0.4, -0.2) is 21.1 Å². The van der Waals surface area contributed by atoms with Crippen molar-refractivity contribution in [2.75, 3.05) is 5.32 Å². The monoisotopic (exact) mass is 451 g/mol. The highest BCUT2D eigenvalue weighted by atomic mass is 32.2. The van der Waals surface area contributed by atoms with Crippen LogP contribution in [0.5, 0.6) is 0 Å². The first-order valence-electron chi connectivity index (χ1n) is 9.56. The zero-order chi connectivity index (χ0) is 21.8. The molecule has 1 unspecified atom stereocenters. The van der Waals surface area contributed by atoms with E-state index in [0.717, 1.165) is 42.0 Å². The largest absolute Gasteiger partial charge is 0.385 e. The zero-order valence-electron chi connectivity index (χ0n) is 16.6. The van der Waals surface area contributed by atoms with E-state index in [-0.39, 0.29) is 10.7 Å². The van der Waals surface area contributed by atoms with Gasteiger partial charge in [0.05, 0.1) is 11.3 Å². The summed E-state index contributed by atoms with van der Waals surface area (Å²) in [5.74, 6) is -0.944. The standard InChI is InChI=1S/C20H22FN3O4S2/c1-20(2,27)15-9-13(21)18(29-15)30(22,28)24-19(26)23-17-12-5-3-4-10(12)8-11-6-7-14(25)16(11)17/h8-9,27H,3-7H2,1-2H3,(H3,22,23,24,26,28). The van der Waals surface area contributed by atoms with Crippen molar-refractivity contribution < 1.29 is 23.3 Å². The molecule has 4 N–H and O–H groups in total. The lowest BCUT2D eigenvalue weighted by Crippen LogP contribution is -2.19. The number of fused-ring (bicyclic) bond motifs is 2. The van der Waals surface area contributed by atoms with Crippen LogP contribution in [0.15, 0.2) is 20.7 Å². The number of amides is 2. The average Bonchev–Trinajstić information content (AvgIpc) is 3.32. The number of aliphatic hydroxyl groups is 1. The van der Waals surface area contributed by atoms with Gasteiger partial charge in [0.25, 0.3) is 0 Å². The number of benzene rings is 1. The summed E-state index contributed by atoms with van der Waals surface area (Å²) in [4.78, 5) is 25.2. The Hall–Kier alpha value is -2.14. The molecule has 0 spiro atoms. The number of nitrogens with one attached hydrogen (secondary N) is 1. The van der Waals surface area contributed by atoms with Crippen molar-refractivity contribution in [2.45, 2.75) is 55.8 Å². The second kappa shape index (κ2) is 7.23. The Bertz CT molecular complexity index is 1200. The first kappa shape index (κ1) is 21.1. The number of nitrogens with zero attached hydrogens (tertiary/aromatic N) is 1. The van der Waals surface area contributed by atoms with E-state index >= 15 is 0 Å². The Morgan fingerprint density at radius 2 is 2.00 bits per heavy atom. The van der Waals surface area contributed by atoms with Crippen molar-refractivity contribution in [3.8, 4) is 0 Å². The molecule has 10 heteroatoms. The van der Waals surface area contributed by atoms with Gasteiger partial charge in [-0.25, -0.2) is 18.5 Å². The van der Waals surface area contributed by atoms with Gasteiger partial charge in [-0.2, -0.15) is 0 Å². The molecule has 2 amide bonds. The van der Waals surface area contributed by atoms with E-state index < -0.39 is 31.6 Å². The van der Waals surface area contributed by atoms with E-state index in [0.29, 0.717) is 35.4 Å². The fraction of sp³-hybridized carbons (Fsp3) is 0.400. The van der Waals surface area contributed by atoms with E-state index in [4.69, 9.17) is 5.14 Å². The number of urea groups is 1. The highest BCUT2D eigenvalue weighted by molar-refractivity contribution is 7.93. The molecule has 0 radical (unpaired) electrons. The molecule has 1 aromatic carbocycles. The Kier molecular flexibility index (Phi) is 5.08. The third-order valence-corrected chi connectivity index (χ3v) is 8.70. The number of anilines is 1. The van der Waals surface area contributed by atoms with Gasteiger partial charge in [-0.05, 0) is 62.3 Å². The van der Waals surface area contributed by atoms with Crippen LogP contribution in [0.2, 0.25) is 0 Å². The van der Waals surface area contributed by atoms with Gasteiger partial charge in [-0.1, -0.05) is 6.07 Å². The van der Waals surface area contributed by atoms with Gasteiger partial charge in [-0.15, -0.1) is 15.7 Å². The van der Waals surface area contributed by atoms with Crippen molar-refractivity contribution in [3.63, 3.8) is 0 Å². The predicted octanol–water partition coefficient (Wildman–Crippen LogP) is 3.66. The fourth-order valence-electron chi connectivity index (χ4n) is 3.98. The zero-order valence-corrected chi connectivity index (χ0v) is 18.2. The van der Waals surface area contributed by atoms with Crippen molar-refractivity contribution in [1.29, 1.82) is 0 Å². The summed E-state index contributed by atoms with van der Waals surface area (Å²) in [7, 11) is -3.88. The minimum atomic E-state index is -3.88. The van der Waals surface area contributed by atoms with E-state index in [9.17, 15) is 23.3 Å². The highest BCUT2D eigenvalue weighted by Gasteiger charge is 2.30. The summed E-state index contributed by atoms with van der Waals surface area (Å²) in [5, 5.41) is 18.4. The molecule has 0 saturated carbocycles. The normalized spacial score (nSPS) is 17.4. The topological polar surface area (TPSA) is 122 Å². The van der Waals surface area contributed by atoms with Crippen LogP contribution >= 0.6 is 11.3 Å². The van der Waals surface area contributed by atoms with Crippen molar-refractivity contribution >= 4 is 38.8 Å². The minimum Gasteiger partial charge on any atom is -0.385 e. The summed E-state index contributed by atoms with van der Waals surface area (Å²) < 4.78 is 30.3. The molecular formula is C20H22FN3O4S2. The van der Waals surface area contributed by atoms with Gasteiger partial charge < -0.3 is 10.4 Å². The predicted molar refractivity (Wildman–Crippen MR) is 113 cm³/mol. The van der Waals surface area contributed by atoms with Crippen molar-refractivity contribution in [3.05, 3.63) is 45.1 Å². The molecule has 2 aliphatic rings. The van der Waals surface area contributed by atoms with Crippen LogP contribution in [0.1, 0.15) is 58.6 Å². The molecule has 0 fully saturated rings. The van der Waals surface area contributed by atoms with Crippen molar-refractivity contribution in [2.24, 2.45) is 9.50 Å². The summed E-state index contributed by atoms with van der Waals surface area (Å²) in [6.45, 7) is 2.91. The van der Waals surface area contributed by atoms with Crippen LogP contribution in [0.4, 0.5) is 14.9 Å². The second-order valence-corrected chi connectivity index (χ2v) is 11.1. The number of aryl methyl sites for hydroxylation is 2. The maximum absolute atomic E-state index is 14.3. The lowest BCUT2D eigenvalue weighted by atomic mass is 9.98. The SMILES string of the molecule is CC(C)(O)c1cc(F)c(S(N)(=O)=NC(=O)Nc2c3c(cc4c2C(=O)CC4)CCC3)s1. The van der Waals surface area contributed by atoms with Gasteiger partial charge in [0.2, 0.25) is 0 Å². The smallest absolute Gasteiger partial charge is 0.354 e. The quantitative estimate of drug-likeness (QED) is 0.659. The summed E-state index contributed by atoms with van der Waals surface area (Å²) in [5.41, 5.74) is 2.41.